The lowest BCUT2D eigenvalue weighted by molar-refractivity contribution is -0.136. The Morgan fingerprint density at radius 1 is 1.33 bits per heavy atom. The molecule has 0 bridgehead atoms. The Balaban J connectivity index is 1.63. The minimum atomic E-state index is -3.51. The zero-order valence-corrected chi connectivity index (χ0v) is 17.7. The summed E-state index contributed by atoms with van der Waals surface area (Å²) in [4.78, 5) is 15.6. The van der Waals surface area contributed by atoms with Gasteiger partial charge in [-0.1, -0.05) is 27.7 Å². The average Bonchev–Trinajstić information content (AvgIpc) is 3.10. The highest BCUT2D eigenvalue weighted by atomic mass is 79.9. The number of aliphatic carboxylic acids is 1. The third-order valence-corrected chi connectivity index (χ3v) is 7.79. The van der Waals surface area contributed by atoms with Crippen LogP contribution >= 0.6 is 27.7 Å². The molecule has 0 amide bonds. The van der Waals surface area contributed by atoms with E-state index >= 15 is 0 Å². The van der Waals surface area contributed by atoms with Gasteiger partial charge >= 0.3 is 5.97 Å². The molecular formula is C16H19BrN4O4S2. The Morgan fingerprint density at radius 3 is 2.56 bits per heavy atom. The van der Waals surface area contributed by atoms with Crippen LogP contribution in [0.25, 0.3) is 0 Å². The van der Waals surface area contributed by atoms with Crippen molar-refractivity contribution in [1.29, 1.82) is 0 Å². The van der Waals surface area contributed by atoms with Gasteiger partial charge in [0.2, 0.25) is 15.2 Å². The molecule has 0 radical (unpaired) electrons. The first kappa shape index (κ1) is 20.3. The molecule has 11 heteroatoms. The lowest BCUT2D eigenvalue weighted by Gasteiger charge is -2.30. The molecule has 1 aromatic carbocycles. The van der Waals surface area contributed by atoms with E-state index in [1.165, 1.54) is 4.31 Å². The van der Waals surface area contributed by atoms with Gasteiger partial charge in [-0.2, -0.15) is 4.31 Å². The zero-order valence-electron chi connectivity index (χ0n) is 14.5. The van der Waals surface area contributed by atoms with Crippen LogP contribution in [0.15, 0.2) is 38.8 Å². The summed E-state index contributed by atoms with van der Waals surface area (Å²) in [7, 11) is -3.51. The summed E-state index contributed by atoms with van der Waals surface area (Å²) in [5.74, 6) is -0.170. The van der Waals surface area contributed by atoms with Gasteiger partial charge < -0.3 is 5.11 Å². The van der Waals surface area contributed by atoms with Gasteiger partial charge in [-0.05, 0) is 44.0 Å². The van der Waals surface area contributed by atoms with Crippen LogP contribution < -0.4 is 0 Å². The van der Waals surface area contributed by atoms with Crippen molar-refractivity contribution >= 4 is 43.7 Å². The van der Waals surface area contributed by atoms with Crippen molar-refractivity contribution in [2.45, 2.75) is 41.0 Å². The van der Waals surface area contributed by atoms with E-state index in [2.05, 4.69) is 31.1 Å². The molecule has 1 aliphatic heterocycles. The molecule has 1 atom stereocenters. The first-order valence-electron chi connectivity index (χ1n) is 8.35. The average molecular weight is 475 g/mol. The molecule has 27 heavy (non-hydrogen) atoms. The van der Waals surface area contributed by atoms with Crippen LogP contribution in [0.4, 0.5) is 0 Å². The maximum atomic E-state index is 12.7. The largest absolute Gasteiger partial charge is 0.480 e. The number of benzene rings is 1. The highest BCUT2D eigenvalue weighted by molar-refractivity contribution is 9.10. The molecule has 1 saturated heterocycles. The number of nitrogens with zero attached hydrogens (tertiary/aromatic N) is 3. The number of piperidine rings is 1. The lowest BCUT2D eigenvalue weighted by Crippen LogP contribution is -2.38. The van der Waals surface area contributed by atoms with Crippen molar-refractivity contribution in [2.75, 3.05) is 13.1 Å². The Bertz CT molecular complexity index is 909. The summed E-state index contributed by atoms with van der Waals surface area (Å²) in [6.45, 7) is 2.38. The predicted molar refractivity (Wildman–Crippen MR) is 104 cm³/mol. The third kappa shape index (κ3) is 4.71. The highest BCUT2D eigenvalue weighted by Crippen LogP contribution is 2.30. The molecule has 1 aliphatic rings. The van der Waals surface area contributed by atoms with Crippen molar-refractivity contribution in [3.05, 3.63) is 34.6 Å². The summed E-state index contributed by atoms with van der Waals surface area (Å²) < 4.78 is 27.8. The second-order valence-corrected chi connectivity index (χ2v) is 10.4. The zero-order chi connectivity index (χ0) is 19.6. The smallest absolute Gasteiger partial charge is 0.316 e. The summed E-state index contributed by atoms with van der Waals surface area (Å²) in [5, 5.41) is 15.7. The SMILES string of the molecule is CC(Sc1n[nH]c(C2CCN(S(=O)(=O)c3ccc(Br)cc3)CC2)n1)C(=O)O. The molecule has 146 valence electrons. The molecule has 1 unspecified atom stereocenters. The molecule has 2 heterocycles. The number of nitrogens with one attached hydrogen (secondary N) is 1. The molecule has 2 N–H and O–H groups in total. The molecule has 8 nitrogen and oxygen atoms in total. The van der Waals surface area contributed by atoms with Crippen molar-refractivity contribution in [3.8, 4) is 0 Å². The van der Waals surface area contributed by atoms with E-state index in [0.717, 1.165) is 16.2 Å². The fourth-order valence-electron chi connectivity index (χ4n) is 2.83. The van der Waals surface area contributed by atoms with E-state index in [9.17, 15) is 13.2 Å². The van der Waals surface area contributed by atoms with E-state index < -0.39 is 21.2 Å². The Labute approximate surface area is 169 Å². The number of thioether (sulfide) groups is 1. The number of hydrogen-bond acceptors (Lipinski definition) is 6. The quantitative estimate of drug-likeness (QED) is 0.617. The van der Waals surface area contributed by atoms with Crippen LogP contribution in [0.3, 0.4) is 0 Å². The molecular weight excluding hydrogens is 456 g/mol. The van der Waals surface area contributed by atoms with Crippen molar-refractivity contribution in [2.24, 2.45) is 0 Å². The van der Waals surface area contributed by atoms with Crippen LogP contribution in [-0.4, -0.2) is 57.3 Å². The van der Waals surface area contributed by atoms with Crippen LogP contribution in [0.1, 0.15) is 31.5 Å². The van der Waals surface area contributed by atoms with Crippen LogP contribution in [0.5, 0.6) is 0 Å². The Morgan fingerprint density at radius 2 is 1.96 bits per heavy atom. The number of H-pyrrole nitrogens is 1. The predicted octanol–water partition coefficient (Wildman–Crippen LogP) is 2.70. The van der Waals surface area contributed by atoms with E-state index in [4.69, 9.17) is 5.11 Å². The van der Waals surface area contributed by atoms with Crippen molar-refractivity contribution in [3.63, 3.8) is 0 Å². The van der Waals surface area contributed by atoms with Gasteiger partial charge in [0.15, 0.2) is 0 Å². The van der Waals surface area contributed by atoms with Crippen LogP contribution in [-0.2, 0) is 14.8 Å². The number of carboxylic acids is 1. The maximum absolute atomic E-state index is 12.7. The third-order valence-electron chi connectivity index (χ3n) is 4.40. The summed E-state index contributed by atoms with van der Waals surface area (Å²) in [6, 6.07) is 6.61. The number of halogens is 1. The number of sulfonamides is 1. The second-order valence-electron chi connectivity index (χ2n) is 6.23. The van der Waals surface area contributed by atoms with Crippen LogP contribution in [0.2, 0.25) is 0 Å². The van der Waals surface area contributed by atoms with Crippen molar-refractivity contribution < 1.29 is 18.3 Å². The fraction of sp³-hybridized carbons (Fsp3) is 0.438. The normalized spacial score (nSPS) is 17.7. The van der Waals surface area contributed by atoms with Gasteiger partial charge in [0.1, 0.15) is 11.1 Å². The van der Waals surface area contributed by atoms with E-state index in [1.807, 2.05) is 0 Å². The maximum Gasteiger partial charge on any atom is 0.316 e. The molecule has 2 aromatic rings. The molecule has 0 spiro atoms. The standard InChI is InChI=1S/C16H19BrN4O4S2/c1-10(15(22)23)26-16-18-14(19-20-16)11-6-8-21(9-7-11)27(24,25)13-4-2-12(17)3-5-13/h2-5,10-11H,6-9H2,1H3,(H,22,23)(H,18,19,20). The van der Waals surface area contributed by atoms with Crippen molar-refractivity contribution in [1.82, 2.24) is 19.5 Å². The second kappa shape index (κ2) is 8.29. The fourth-order valence-corrected chi connectivity index (χ4v) is 5.23. The van der Waals surface area contributed by atoms with Gasteiger partial charge in [0, 0.05) is 23.5 Å². The number of carboxylic acid groups (broad SMARTS) is 1. The molecule has 0 saturated carbocycles. The molecule has 1 aromatic heterocycles. The molecule has 3 rings (SSSR count). The van der Waals surface area contributed by atoms with Crippen LogP contribution in [0, 0.1) is 0 Å². The number of aromatic amines is 1. The monoisotopic (exact) mass is 474 g/mol. The molecule has 0 aliphatic carbocycles. The minimum absolute atomic E-state index is 0.0725. The van der Waals surface area contributed by atoms with E-state index in [0.29, 0.717) is 36.9 Å². The summed E-state index contributed by atoms with van der Waals surface area (Å²) >= 11 is 4.38. The Hall–Kier alpha value is -1.43. The Kier molecular flexibility index (Phi) is 6.24. The van der Waals surface area contributed by atoms with Gasteiger partial charge in [0.25, 0.3) is 0 Å². The lowest BCUT2D eigenvalue weighted by atomic mass is 9.98. The van der Waals surface area contributed by atoms with Gasteiger partial charge in [-0.25, -0.2) is 13.4 Å². The number of carbonyl (C=O) groups is 1. The first-order chi connectivity index (χ1) is 12.8. The summed E-state index contributed by atoms with van der Waals surface area (Å²) in [5.41, 5.74) is 0. The van der Waals surface area contributed by atoms with E-state index in [-0.39, 0.29) is 10.8 Å². The van der Waals surface area contributed by atoms with Gasteiger partial charge in [-0.3, -0.25) is 9.89 Å². The minimum Gasteiger partial charge on any atom is -0.480 e. The van der Waals surface area contributed by atoms with Gasteiger partial charge in [-0.15, -0.1) is 5.10 Å². The highest BCUT2D eigenvalue weighted by Gasteiger charge is 2.31. The number of rotatable bonds is 6. The molecule has 1 fully saturated rings. The van der Waals surface area contributed by atoms with Gasteiger partial charge in [0.05, 0.1) is 4.90 Å². The topological polar surface area (TPSA) is 116 Å². The van der Waals surface area contributed by atoms with E-state index in [1.54, 1.807) is 31.2 Å². The number of hydrogen-bond donors (Lipinski definition) is 2. The summed E-state index contributed by atoms with van der Waals surface area (Å²) in [6.07, 6.45) is 1.26. The first-order valence-corrected chi connectivity index (χ1v) is 11.5. The number of aromatic nitrogens is 3.